The SMILES string of the molecule is CN1CCCN(c2cc(-c3ccc(F)cc3)c3c(n2)CCCCCC3)CC1.O=C(O)/C=C\C(=O)O.O=C(O)/C=C\C(=O)O. The zero-order valence-electron chi connectivity index (χ0n) is 24.1. The lowest BCUT2D eigenvalue weighted by Crippen LogP contribution is -2.29. The molecular weight excluding hydrogens is 561 g/mol. The first kappa shape index (κ1) is 34.6. The van der Waals surface area contributed by atoms with Gasteiger partial charge >= 0.3 is 23.9 Å². The third kappa shape index (κ3) is 13.3. The van der Waals surface area contributed by atoms with Crippen molar-refractivity contribution in [1.82, 2.24) is 9.88 Å². The summed E-state index contributed by atoms with van der Waals surface area (Å²) >= 11 is 0. The third-order valence-corrected chi connectivity index (χ3v) is 6.72. The number of hydrogen-bond acceptors (Lipinski definition) is 7. The second kappa shape index (κ2) is 18.1. The fourth-order valence-corrected chi connectivity index (χ4v) is 4.65. The van der Waals surface area contributed by atoms with Gasteiger partial charge in [0.05, 0.1) is 0 Å². The summed E-state index contributed by atoms with van der Waals surface area (Å²) in [7, 11) is 2.20. The van der Waals surface area contributed by atoms with Crippen LogP contribution in [-0.4, -0.2) is 87.4 Å². The summed E-state index contributed by atoms with van der Waals surface area (Å²) in [5.74, 6) is -4.10. The molecule has 1 aliphatic carbocycles. The highest BCUT2D eigenvalue weighted by Gasteiger charge is 2.20. The van der Waals surface area contributed by atoms with E-state index in [0.29, 0.717) is 24.3 Å². The second-order valence-electron chi connectivity index (χ2n) is 10.0. The average Bonchev–Trinajstić information content (AvgIpc) is 3.16. The van der Waals surface area contributed by atoms with Crippen LogP contribution in [0.3, 0.4) is 0 Å². The molecule has 43 heavy (non-hydrogen) atoms. The Morgan fingerprint density at radius 2 is 1.26 bits per heavy atom. The van der Waals surface area contributed by atoms with Crippen molar-refractivity contribution in [1.29, 1.82) is 0 Å². The molecular formula is C31H38FN3O8. The van der Waals surface area contributed by atoms with E-state index in [-0.39, 0.29) is 5.82 Å². The molecule has 1 fully saturated rings. The van der Waals surface area contributed by atoms with E-state index >= 15 is 0 Å². The van der Waals surface area contributed by atoms with Gasteiger partial charge in [-0.15, -0.1) is 0 Å². The van der Waals surface area contributed by atoms with Gasteiger partial charge in [0, 0.05) is 49.6 Å². The van der Waals surface area contributed by atoms with Gasteiger partial charge in [0.1, 0.15) is 11.6 Å². The van der Waals surface area contributed by atoms with Crippen LogP contribution in [0, 0.1) is 5.82 Å². The Morgan fingerprint density at radius 3 is 1.79 bits per heavy atom. The first-order valence-corrected chi connectivity index (χ1v) is 14.0. The molecule has 1 aliphatic heterocycles. The average molecular weight is 600 g/mol. The van der Waals surface area contributed by atoms with Gasteiger partial charge in [-0.2, -0.15) is 0 Å². The van der Waals surface area contributed by atoms with Crippen LogP contribution in [0.15, 0.2) is 54.6 Å². The van der Waals surface area contributed by atoms with Crippen molar-refractivity contribution in [3.63, 3.8) is 0 Å². The van der Waals surface area contributed by atoms with Crippen molar-refractivity contribution >= 4 is 29.7 Å². The number of aryl methyl sites for hydroxylation is 1. The van der Waals surface area contributed by atoms with Gasteiger partial charge in [0.2, 0.25) is 0 Å². The van der Waals surface area contributed by atoms with E-state index in [9.17, 15) is 23.6 Å². The molecule has 232 valence electrons. The van der Waals surface area contributed by atoms with E-state index < -0.39 is 23.9 Å². The van der Waals surface area contributed by atoms with Crippen LogP contribution in [0.2, 0.25) is 0 Å². The molecule has 1 aromatic heterocycles. The zero-order valence-corrected chi connectivity index (χ0v) is 24.1. The van der Waals surface area contributed by atoms with Crippen LogP contribution in [0.5, 0.6) is 0 Å². The highest BCUT2D eigenvalue weighted by atomic mass is 19.1. The normalized spacial score (nSPS) is 15.5. The van der Waals surface area contributed by atoms with Crippen molar-refractivity contribution in [2.45, 2.75) is 44.9 Å². The molecule has 4 N–H and O–H groups in total. The predicted octanol–water partition coefficient (Wildman–Crippen LogP) is 4.11. The molecule has 4 rings (SSSR count). The lowest BCUT2D eigenvalue weighted by molar-refractivity contribution is -0.134. The molecule has 0 unspecified atom stereocenters. The number of rotatable bonds is 6. The molecule has 1 saturated heterocycles. The molecule has 2 heterocycles. The minimum atomic E-state index is -1.26. The van der Waals surface area contributed by atoms with E-state index in [1.54, 1.807) is 12.1 Å². The number of halogens is 1. The highest BCUT2D eigenvalue weighted by Crippen LogP contribution is 2.33. The molecule has 0 spiro atoms. The minimum Gasteiger partial charge on any atom is -0.478 e. The molecule has 0 bridgehead atoms. The van der Waals surface area contributed by atoms with E-state index in [0.717, 1.165) is 50.4 Å². The fourth-order valence-electron chi connectivity index (χ4n) is 4.65. The van der Waals surface area contributed by atoms with Gasteiger partial charge in [-0.1, -0.05) is 25.0 Å². The van der Waals surface area contributed by atoms with E-state index in [1.807, 2.05) is 12.1 Å². The number of nitrogens with zero attached hydrogens (tertiary/aromatic N) is 3. The fraction of sp³-hybridized carbons (Fsp3) is 0.387. The lowest BCUT2D eigenvalue weighted by atomic mass is 9.90. The molecule has 0 radical (unpaired) electrons. The van der Waals surface area contributed by atoms with Gasteiger partial charge in [-0.25, -0.2) is 28.6 Å². The van der Waals surface area contributed by atoms with Gasteiger partial charge in [-0.05, 0) is 80.6 Å². The highest BCUT2D eigenvalue weighted by molar-refractivity contribution is 5.90. The number of carboxylic acid groups (broad SMARTS) is 4. The van der Waals surface area contributed by atoms with Crippen molar-refractivity contribution in [2.75, 3.05) is 38.1 Å². The molecule has 0 atom stereocenters. The summed E-state index contributed by atoms with van der Waals surface area (Å²) in [4.78, 5) is 48.2. The summed E-state index contributed by atoms with van der Waals surface area (Å²) < 4.78 is 13.5. The Bertz CT molecular complexity index is 1240. The maximum absolute atomic E-state index is 13.5. The quantitative estimate of drug-likeness (QED) is 0.353. The van der Waals surface area contributed by atoms with Crippen molar-refractivity contribution in [2.24, 2.45) is 0 Å². The summed E-state index contributed by atoms with van der Waals surface area (Å²) in [6.07, 6.45) is 10.6. The summed E-state index contributed by atoms with van der Waals surface area (Å²) in [6.45, 7) is 4.29. The Labute approximate surface area is 249 Å². The number of carboxylic acids is 4. The van der Waals surface area contributed by atoms with Gasteiger partial charge in [0.25, 0.3) is 0 Å². The summed E-state index contributed by atoms with van der Waals surface area (Å²) in [5, 5.41) is 31.2. The molecule has 0 amide bonds. The number of pyridine rings is 1. The molecule has 2 aromatic rings. The Morgan fingerprint density at radius 1 is 0.721 bits per heavy atom. The smallest absolute Gasteiger partial charge is 0.328 e. The minimum absolute atomic E-state index is 0.175. The number of anilines is 1. The monoisotopic (exact) mass is 599 g/mol. The van der Waals surface area contributed by atoms with Crippen LogP contribution in [0.4, 0.5) is 10.2 Å². The Hall–Kier alpha value is -4.58. The van der Waals surface area contributed by atoms with E-state index in [1.165, 1.54) is 48.9 Å². The largest absolute Gasteiger partial charge is 0.478 e. The van der Waals surface area contributed by atoms with Crippen molar-refractivity contribution in [3.05, 3.63) is 71.7 Å². The zero-order chi connectivity index (χ0) is 31.8. The van der Waals surface area contributed by atoms with Gasteiger partial charge in [-0.3, -0.25) is 0 Å². The van der Waals surface area contributed by atoms with E-state index in [4.69, 9.17) is 25.4 Å². The summed E-state index contributed by atoms with van der Waals surface area (Å²) in [6, 6.07) is 9.25. The van der Waals surface area contributed by atoms with Crippen LogP contribution in [-0.2, 0) is 32.0 Å². The number of likely N-dealkylation sites (N-methyl/N-ethyl adjacent to an activating group) is 1. The second-order valence-corrected chi connectivity index (χ2v) is 10.0. The molecule has 1 aromatic carbocycles. The van der Waals surface area contributed by atoms with E-state index in [2.05, 4.69) is 22.9 Å². The number of carbonyl (C=O) groups is 4. The Kier molecular flexibility index (Phi) is 14.5. The predicted molar refractivity (Wildman–Crippen MR) is 159 cm³/mol. The standard InChI is InChI=1S/C23H30FN3.2C4H4O4/c1-26-13-6-14-27(16-15-26)23-17-21(18-9-11-19(24)12-10-18)20-7-4-2-3-5-8-22(20)25-23;2*5-3(6)1-2-4(7)8/h9-12,17H,2-8,13-16H2,1H3;2*1-2H,(H,5,6)(H,7,8)/b;2*2-1-. The molecule has 0 saturated carbocycles. The number of fused-ring (bicyclic) bond motifs is 1. The number of hydrogen-bond donors (Lipinski definition) is 4. The van der Waals surface area contributed by atoms with Crippen LogP contribution in [0.25, 0.3) is 11.1 Å². The van der Waals surface area contributed by atoms with Crippen molar-refractivity contribution < 1.29 is 44.0 Å². The maximum Gasteiger partial charge on any atom is 0.328 e. The molecule has 2 aliphatic rings. The number of aromatic nitrogens is 1. The summed E-state index contributed by atoms with van der Waals surface area (Å²) in [5.41, 5.74) is 5.03. The van der Waals surface area contributed by atoms with Crippen LogP contribution >= 0.6 is 0 Å². The van der Waals surface area contributed by atoms with Crippen LogP contribution in [0.1, 0.15) is 43.4 Å². The lowest BCUT2D eigenvalue weighted by Gasteiger charge is -2.26. The maximum atomic E-state index is 13.5. The van der Waals surface area contributed by atoms with Gasteiger partial charge in [0.15, 0.2) is 0 Å². The third-order valence-electron chi connectivity index (χ3n) is 6.72. The number of aliphatic carboxylic acids is 4. The Balaban J connectivity index is 0.000000334. The van der Waals surface area contributed by atoms with Gasteiger partial charge < -0.3 is 30.2 Å². The first-order chi connectivity index (χ1) is 20.5. The first-order valence-electron chi connectivity index (χ1n) is 14.0. The molecule has 11 nitrogen and oxygen atoms in total. The topological polar surface area (TPSA) is 169 Å². The van der Waals surface area contributed by atoms with Crippen LogP contribution < -0.4 is 4.90 Å². The molecule has 12 heteroatoms. The number of benzene rings is 1. The van der Waals surface area contributed by atoms with Crippen molar-refractivity contribution in [3.8, 4) is 11.1 Å².